The smallest absolute Gasteiger partial charge is 0.319 e. The zero-order chi connectivity index (χ0) is 10.6. The second-order valence-electron chi connectivity index (χ2n) is 2.93. The Morgan fingerprint density at radius 1 is 1.50 bits per heavy atom. The van der Waals surface area contributed by atoms with Crippen molar-refractivity contribution in [2.75, 3.05) is 19.7 Å². The lowest BCUT2D eigenvalue weighted by Crippen LogP contribution is -2.25. The number of hydrogen-bond acceptors (Lipinski definition) is 3. The highest BCUT2D eigenvalue weighted by Crippen LogP contribution is 1.87. The maximum Gasteiger partial charge on any atom is 0.319 e. The van der Waals surface area contributed by atoms with Crippen LogP contribution in [0.15, 0.2) is 0 Å². The molecule has 1 N–H and O–H groups in total. The molecule has 3 nitrogen and oxygen atoms in total. The summed E-state index contributed by atoms with van der Waals surface area (Å²) in [4.78, 5) is 11.0. The van der Waals surface area contributed by atoms with Crippen molar-refractivity contribution in [1.82, 2.24) is 5.32 Å². The maximum absolute atomic E-state index is 11.0. The van der Waals surface area contributed by atoms with Crippen molar-refractivity contribution in [3.05, 3.63) is 0 Å². The van der Waals surface area contributed by atoms with Crippen LogP contribution >= 0.6 is 0 Å². The van der Waals surface area contributed by atoms with E-state index in [-0.39, 0.29) is 12.5 Å². The Kier molecular flexibility index (Phi) is 9.35. The second kappa shape index (κ2) is 10.1. The van der Waals surface area contributed by atoms with E-state index in [1.54, 1.807) is 6.92 Å². The van der Waals surface area contributed by atoms with Crippen LogP contribution in [0.25, 0.3) is 0 Å². The van der Waals surface area contributed by atoms with Gasteiger partial charge in [0.15, 0.2) is 0 Å². The van der Waals surface area contributed by atoms with Gasteiger partial charge in [0.1, 0.15) is 0 Å². The summed E-state index contributed by atoms with van der Waals surface area (Å²) in [5.74, 6) is 5.52. The molecular weight excluding hydrogens is 178 g/mol. The molecule has 0 aromatic carbocycles. The summed E-state index contributed by atoms with van der Waals surface area (Å²) in [6, 6.07) is 0. The van der Waals surface area contributed by atoms with Crippen molar-refractivity contribution < 1.29 is 9.53 Å². The summed E-state index contributed by atoms with van der Waals surface area (Å²) in [5.41, 5.74) is 0. The number of unbranched alkanes of at least 4 members (excludes halogenated alkanes) is 1. The quantitative estimate of drug-likeness (QED) is 0.380. The third kappa shape index (κ3) is 9.08. The number of nitrogens with one attached hydrogen (secondary N) is 1. The van der Waals surface area contributed by atoms with Crippen LogP contribution in [0.1, 0.15) is 33.1 Å². The van der Waals surface area contributed by atoms with Gasteiger partial charge in [-0.25, -0.2) is 0 Å². The van der Waals surface area contributed by atoms with E-state index in [1.165, 1.54) is 0 Å². The zero-order valence-electron chi connectivity index (χ0n) is 9.06. The Balaban J connectivity index is 3.21. The van der Waals surface area contributed by atoms with Gasteiger partial charge in [-0.3, -0.25) is 4.79 Å². The van der Waals surface area contributed by atoms with Gasteiger partial charge in [-0.1, -0.05) is 13.3 Å². The van der Waals surface area contributed by atoms with Gasteiger partial charge in [0.25, 0.3) is 0 Å². The van der Waals surface area contributed by atoms with Gasteiger partial charge < -0.3 is 10.1 Å². The number of esters is 1. The highest BCUT2D eigenvalue weighted by molar-refractivity contribution is 5.71. The number of rotatable bonds is 7. The predicted molar refractivity (Wildman–Crippen MR) is 56.8 cm³/mol. The van der Waals surface area contributed by atoms with Gasteiger partial charge in [0.2, 0.25) is 0 Å². The molecule has 0 unspecified atom stereocenters. The third-order valence-electron chi connectivity index (χ3n) is 1.63. The van der Waals surface area contributed by atoms with E-state index in [4.69, 9.17) is 4.74 Å². The Morgan fingerprint density at radius 2 is 2.29 bits per heavy atom. The fourth-order valence-corrected chi connectivity index (χ4v) is 0.848. The third-order valence-corrected chi connectivity index (χ3v) is 1.63. The number of carbonyl (C=O) groups excluding carboxylic acids is 1. The number of carbonyl (C=O) groups is 1. The molecule has 0 bridgehead atoms. The lowest BCUT2D eigenvalue weighted by atomic mass is 10.4. The van der Waals surface area contributed by atoms with Crippen LogP contribution in [0.3, 0.4) is 0 Å². The molecule has 0 saturated heterocycles. The van der Waals surface area contributed by atoms with Crippen LogP contribution in [0.4, 0.5) is 0 Å². The Bertz CT molecular complexity index is 203. The molecule has 0 rings (SSSR count). The highest BCUT2D eigenvalue weighted by atomic mass is 16.5. The number of ether oxygens (including phenoxy) is 1. The minimum absolute atomic E-state index is 0.178. The summed E-state index contributed by atoms with van der Waals surface area (Å²) in [7, 11) is 0. The average molecular weight is 197 g/mol. The van der Waals surface area contributed by atoms with E-state index < -0.39 is 0 Å². The van der Waals surface area contributed by atoms with Crippen molar-refractivity contribution >= 4 is 5.97 Å². The fraction of sp³-hybridized carbons (Fsp3) is 0.727. The molecule has 0 atom stereocenters. The van der Waals surface area contributed by atoms with E-state index in [2.05, 4.69) is 24.1 Å². The van der Waals surface area contributed by atoms with Crippen LogP contribution < -0.4 is 5.32 Å². The van der Waals surface area contributed by atoms with Crippen molar-refractivity contribution in [3.63, 3.8) is 0 Å². The van der Waals surface area contributed by atoms with Crippen LogP contribution in [-0.2, 0) is 9.53 Å². The van der Waals surface area contributed by atoms with Gasteiger partial charge in [-0.15, -0.1) is 11.8 Å². The number of hydrogen-bond donors (Lipinski definition) is 1. The zero-order valence-corrected chi connectivity index (χ0v) is 9.06. The van der Waals surface area contributed by atoms with Crippen LogP contribution in [0.5, 0.6) is 0 Å². The van der Waals surface area contributed by atoms with Crippen molar-refractivity contribution in [2.45, 2.75) is 33.1 Å². The molecule has 0 radical (unpaired) electrons. The minimum Gasteiger partial charge on any atom is -0.465 e. The second-order valence-corrected chi connectivity index (χ2v) is 2.93. The first-order chi connectivity index (χ1) is 6.81. The van der Waals surface area contributed by atoms with Gasteiger partial charge in [0.05, 0.1) is 13.2 Å². The van der Waals surface area contributed by atoms with Crippen LogP contribution in [0, 0.1) is 11.8 Å². The molecule has 0 amide bonds. The highest BCUT2D eigenvalue weighted by Gasteiger charge is 1.99. The molecule has 0 saturated carbocycles. The summed E-state index contributed by atoms with van der Waals surface area (Å²) in [5, 5.41) is 2.97. The monoisotopic (exact) mass is 197 g/mol. The molecule has 3 heteroatoms. The molecule has 0 aliphatic rings. The standard InChI is InChI=1S/C11H19NO2/c1-3-5-7-8-12-10-11(13)14-9-6-4-2/h12H,4,6-10H2,1-2H3. The lowest BCUT2D eigenvalue weighted by molar-refractivity contribution is -0.142. The maximum atomic E-state index is 11.0. The fourth-order valence-electron chi connectivity index (χ4n) is 0.848. The Labute approximate surface area is 86.2 Å². The first-order valence-corrected chi connectivity index (χ1v) is 5.07. The molecule has 0 fully saturated rings. The molecule has 80 valence electrons. The summed E-state index contributed by atoms with van der Waals surface area (Å²) >= 11 is 0. The summed E-state index contributed by atoms with van der Waals surface area (Å²) < 4.78 is 4.95. The van der Waals surface area contributed by atoms with Gasteiger partial charge in [-0.05, 0) is 13.3 Å². The normalized spacial score (nSPS) is 9.00. The van der Waals surface area contributed by atoms with Gasteiger partial charge in [0, 0.05) is 13.0 Å². The van der Waals surface area contributed by atoms with E-state index in [0.717, 1.165) is 25.8 Å². The molecule has 14 heavy (non-hydrogen) atoms. The topological polar surface area (TPSA) is 38.3 Å². The van der Waals surface area contributed by atoms with Gasteiger partial charge >= 0.3 is 5.97 Å². The summed E-state index contributed by atoms with van der Waals surface area (Å²) in [6.45, 7) is 5.43. The lowest BCUT2D eigenvalue weighted by Gasteiger charge is -2.03. The van der Waals surface area contributed by atoms with Crippen molar-refractivity contribution in [1.29, 1.82) is 0 Å². The molecule has 0 aliphatic heterocycles. The Hall–Kier alpha value is -1.01. The molecule has 0 aromatic rings. The van der Waals surface area contributed by atoms with E-state index in [9.17, 15) is 4.79 Å². The van der Waals surface area contributed by atoms with Crippen molar-refractivity contribution in [3.8, 4) is 11.8 Å². The molecular formula is C11H19NO2. The Morgan fingerprint density at radius 3 is 2.93 bits per heavy atom. The molecule has 0 aromatic heterocycles. The average Bonchev–Trinajstić information content (AvgIpc) is 2.18. The summed E-state index contributed by atoms with van der Waals surface area (Å²) in [6.07, 6.45) is 2.76. The molecule has 0 heterocycles. The largest absolute Gasteiger partial charge is 0.465 e. The first-order valence-electron chi connectivity index (χ1n) is 5.07. The van der Waals surface area contributed by atoms with Gasteiger partial charge in [-0.2, -0.15) is 0 Å². The minimum atomic E-state index is -0.178. The molecule has 0 aliphatic carbocycles. The first kappa shape index (κ1) is 13.0. The predicted octanol–water partition coefficient (Wildman–Crippen LogP) is 1.33. The van der Waals surface area contributed by atoms with Crippen molar-refractivity contribution in [2.24, 2.45) is 0 Å². The van der Waals surface area contributed by atoms with E-state index in [1.807, 2.05) is 0 Å². The SMILES string of the molecule is CC#CCCNCC(=O)OCCCC. The van der Waals surface area contributed by atoms with E-state index >= 15 is 0 Å². The van der Waals surface area contributed by atoms with Crippen LogP contribution in [-0.4, -0.2) is 25.7 Å². The molecule has 0 spiro atoms. The van der Waals surface area contributed by atoms with Crippen LogP contribution in [0.2, 0.25) is 0 Å². The van der Waals surface area contributed by atoms with E-state index in [0.29, 0.717) is 6.61 Å².